The van der Waals surface area contributed by atoms with Crippen molar-refractivity contribution in [2.24, 2.45) is 0 Å². The molecular formula is C15H12BrClFNO. The summed E-state index contributed by atoms with van der Waals surface area (Å²) in [4.78, 5) is 0. The molecule has 0 amide bonds. The van der Waals surface area contributed by atoms with E-state index in [1.165, 1.54) is 6.07 Å². The SMILES string of the molecule is Fc1ccc(Br)cc1NCc1cc(Cl)cc2c1OCC2. The second kappa shape index (κ2) is 5.62. The number of halogens is 3. The molecule has 1 aliphatic heterocycles. The van der Waals surface area contributed by atoms with Crippen LogP contribution in [0.15, 0.2) is 34.8 Å². The molecule has 1 heterocycles. The van der Waals surface area contributed by atoms with Gasteiger partial charge in [-0.3, -0.25) is 0 Å². The predicted molar refractivity (Wildman–Crippen MR) is 82.1 cm³/mol. The smallest absolute Gasteiger partial charge is 0.146 e. The molecule has 0 unspecified atom stereocenters. The third-order valence-electron chi connectivity index (χ3n) is 3.22. The maximum atomic E-state index is 13.7. The van der Waals surface area contributed by atoms with Crippen LogP contribution in [0.25, 0.3) is 0 Å². The fourth-order valence-electron chi connectivity index (χ4n) is 2.30. The van der Waals surface area contributed by atoms with Gasteiger partial charge in [-0.25, -0.2) is 4.39 Å². The van der Waals surface area contributed by atoms with E-state index >= 15 is 0 Å². The maximum absolute atomic E-state index is 13.7. The van der Waals surface area contributed by atoms with Crippen molar-refractivity contribution < 1.29 is 9.13 Å². The number of ether oxygens (including phenoxy) is 1. The zero-order valence-corrected chi connectivity index (χ0v) is 12.9. The van der Waals surface area contributed by atoms with Crippen molar-refractivity contribution in [2.75, 3.05) is 11.9 Å². The summed E-state index contributed by atoms with van der Waals surface area (Å²) in [6, 6.07) is 8.58. The van der Waals surface area contributed by atoms with Crippen molar-refractivity contribution in [2.45, 2.75) is 13.0 Å². The van der Waals surface area contributed by atoms with Crippen molar-refractivity contribution >= 4 is 33.2 Å². The molecule has 0 radical (unpaired) electrons. The Kier molecular flexibility index (Phi) is 3.85. The molecule has 0 atom stereocenters. The molecule has 0 spiro atoms. The molecule has 0 saturated carbocycles. The van der Waals surface area contributed by atoms with Crippen LogP contribution in [0.1, 0.15) is 11.1 Å². The average molecular weight is 357 g/mol. The van der Waals surface area contributed by atoms with Gasteiger partial charge in [-0.1, -0.05) is 27.5 Å². The van der Waals surface area contributed by atoms with Gasteiger partial charge >= 0.3 is 0 Å². The predicted octanol–water partition coefficient (Wildman–Crippen LogP) is 4.79. The summed E-state index contributed by atoms with van der Waals surface area (Å²) in [6.45, 7) is 1.14. The number of benzene rings is 2. The van der Waals surface area contributed by atoms with E-state index in [4.69, 9.17) is 16.3 Å². The molecular weight excluding hydrogens is 345 g/mol. The highest BCUT2D eigenvalue weighted by molar-refractivity contribution is 9.10. The van der Waals surface area contributed by atoms with Crippen molar-refractivity contribution in [3.05, 3.63) is 56.8 Å². The van der Waals surface area contributed by atoms with Crippen LogP contribution < -0.4 is 10.1 Å². The monoisotopic (exact) mass is 355 g/mol. The third-order valence-corrected chi connectivity index (χ3v) is 3.93. The number of rotatable bonds is 3. The van der Waals surface area contributed by atoms with Crippen LogP contribution in [0.4, 0.5) is 10.1 Å². The highest BCUT2D eigenvalue weighted by Crippen LogP contribution is 2.33. The summed E-state index contributed by atoms with van der Waals surface area (Å²) in [6.07, 6.45) is 0.869. The molecule has 2 aromatic carbocycles. The Morgan fingerprint density at radius 2 is 2.15 bits per heavy atom. The molecule has 20 heavy (non-hydrogen) atoms. The lowest BCUT2D eigenvalue weighted by molar-refractivity contribution is 0.354. The molecule has 0 bridgehead atoms. The van der Waals surface area contributed by atoms with Crippen LogP contribution in [0.3, 0.4) is 0 Å². The third kappa shape index (κ3) is 2.76. The molecule has 0 saturated heterocycles. The van der Waals surface area contributed by atoms with Crippen LogP contribution in [-0.4, -0.2) is 6.61 Å². The van der Waals surface area contributed by atoms with E-state index in [0.717, 1.165) is 27.8 Å². The zero-order valence-electron chi connectivity index (χ0n) is 10.6. The molecule has 0 aromatic heterocycles. The van der Waals surface area contributed by atoms with Crippen LogP contribution in [0, 0.1) is 5.82 Å². The van der Waals surface area contributed by atoms with Gasteiger partial charge in [0.1, 0.15) is 11.6 Å². The van der Waals surface area contributed by atoms with E-state index in [-0.39, 0.29) is 5.82 Å². The molecule has 104 valence electrons. The molecule has 2 aromatic rings. The lowest BCUT2D eigenvalue weighted by Crippen LogP contribution is -2.03. The van der Waals surface area contributed by atoms with Crippen LogP contribution in [0.2, 0.25) is 5.02 Å². The summed E-state index contributed by atoms with van der Waals surface area (Å²) < 4.78 is 20.1. The highest BCUT2D eigenvalue weighted by Gasteiger charge is 2.17. The van der Waals surface area contributed by atoms with Gasteiger partial charge in [0.25, 0.3) is 0 Å². The van der Waals surface area contributed by atoms with Crippen molar-refractivity contribution in [3.8, 4) is 5.75 Å². The number of hydrogen-bond acceptors (Lipinski definition) is 2. The second-order valence-corrected chi connectivity index (χ2v) is 5.98. The molecule has 0 fully saturated rings. The number of anilines is 1. The van der Waals surface area contributed by atoms with Gasteiger partial charge in [0, 0.05) is 28.0 Å². The lowest BCUT2D eigenvalue weighted by Gasteiger charge is -2.12. The summed E-state index contributed by atoms with van der Waals surface area (Å²) in [7, 11) is 0. The first-order valence-electron chi connectivity index (χ1n) is 6.26. The van der Waals surface area contributed by atoms with Crippen molar-refractivity contribution in [3.63, 3.8) is 0 Å². The lowest BCUT2D eigenvalue weighted by atomic mass is 10.1. The quantitative estimate of drug-likeness (QED) is 0.854. The van der Waals surface area contributed by atoms with Crippen molar-refractivity contribution in [1.29, 1.82) is 0 Å². The Bertz CT molecular complexity index is 663. The highest BCUT2D eigenvalue weighted by atomic mass is 79.9. The van der Waals surface area contributed by atoms with E-state index in [2.05, 4.69) is 21.2 Å². The summed E-state index contributed by atoms with van der Waals surface area (Å²) in [5.41, 5.74) is 2.51. The van der Waals surface area contributed by atoms with Crippen LogP contribution in [-0.2, 0) is 13.0 Å². The summed E-state index contributed by atoms with van der Waals surface area (Å²) in [5, 5.41) is 3.76. The van der Waals surface area contributed by atoms with Gasteiger partial charge in [0.05, 0.1) is 12.3 Å². The standard InChI is InChI=1S/C15H12BrClFNO/c16-11-1-2-13(18)14(7-11)19-8-10-6-12(17)5-9-3-4-20-15(9)10/h1-2,5-7,19H,3-4,8H2. The first-order valence-corrected chi connectivity index (χ1v) is 7.43. The van der Waals surface area contributed by atoms with E-state index in [1.54, 1.807) is 12.1 Å². The van der Waals surface area contributed by atoms with E-state index in [1.807, 2.05) is 12.1 Å². The minimum atomic E-state index is -0.284. The fourth-order valence-corrected chi connectivity index (χ4v) is 2.93. The average Bonchev–Trinajstić information content (AvgIpc) is 2.87. The van der Waals surface area contributed by atoms with E-state index in [9.17, 15) is 4.39 Å². The minimum absolute atomic E-state index is 0.284. The molecule has 1 aliphatic rings. The Morgan fingerprint density at radius 1 is 1.30 bits per heavy atom. The number of fused-ring (bicyclic) bond motifs is 1. The zero-order chi connectivity index (χ0) is 14.1. The molecule has 2 nitrogen and oxygen atoms in total. The fraction of sp³-hybridized carbons (Fsp3) is 0.200. The molecule has 5 heteroatoms. The van der Waals surface area contributed by atoms with Gasteiger partial charge in [0.2, 0.25) is 0 Å². The Labute approximate surface area is 130 Å². The Balaban J connectivity index is 1.84. The first kappa shape index (κ1) is 13.7. The Morgan fingerprint density at radius 3 is 3.00 bits per heavy atom. The summed E-state index contributed by atoms with van der Waals surface area (Å²) in [5.74, 6) is 0.588. The van der Waals surface area contributed by atoms with Crippen molar-refractivity contribution in [1.82, 2.24) is 0 Å². The van der Waals surface area contributed by atoms with Gasteiger partial charge in [0.15, 0.2) is 0 Å². The number of hydrogen-bond donors (Lipinski definition) is 1. The molecule has 0 aliphatic carbocycles. The minimum Gasteiger partial charge on any atom is -0.493 e. The van der Waals surface area contributed by atoms with Crippen LogP contribution >= 0.6 is 27.5 Å². The summed E-state index contributed by atoms with van der Waals surface area (Å²) >= 11 is 9.43. The Hall–Kier alpha value is -1.26. The topological polar surface area (TPSA) is 21.3 Å². The first-order chi connectivity index (χ1) is 9.63. The van der Waals surface area contributed by atoms with Gasteiger partial charge in [-0.05, 0) is 35.9 Å². The van der Waals surface area contributed by atoms with E-state index < -0.39 is 0 Å². The normalized spacial score (nSPS) is 12.9. The number of nitrogens with one attached hydrogen (secondary N) is 1. The largest absolute Gasteiger partial charge is 0.493 e. The molecule has 1 N–H and O–H groups in total. The van der Waals surface area contributed by atoms with Crippen LogP contribution in [0.5, 0.6) is 5.75 Å². The van der Waals surface area contributed by atoms with Gasteiger partial charge in [-0.2, -0.15) is 0 Å². The second-order valence-electron chi connectivity index (χ2n) is 4.63. The maximum Gasteiger partial charge on any atom is 0.146 e. The molecule has 3 rings (SSSR count). The van der Waals surface area contributed by atoms with E-state index in [0.29, 0.717) is 23.9 Å². The van der Waals surface area contributed by atoms with Gasteiger partial charge in [-0.15, -0.1) is 0 Å². The van der Waals surface area contributed by atoms with Gasteiger partial charge < -0.3 is 10.1 Å².